The molecule has 2 rings (SSSR count). The number of aryl methyl sites for hydroxylation is 1. The first-order valence-electron chi connectivity index (χ1n) is 6.69. The summed E-state index contributed by atoms with van der Waals surface area (Å²) in [5.41, 5.74) is 2.27. The molecular weight excluding hydrogens is 378 g/mol. The molecule has 0 atom stereocenters. The zero-order valence-corrected chi connectivity index (χ0v) is 14.6. The van der Waals surface area contributed by atoms with Gasteiger partial charge in [-0.25, -0.2) is 0 Å². The summed E-state index contributed by atoms with van der Waals surface area (Å²) in [6, 6.07) is 14.3. The largest absolute Gasteiger partial charge is 0.360 e. The first-order valence-corrected chi connectivity index (χ1v) is 7.86. The van der Waals surface area contributed by atoms with Crippen molar-refractivity contribution in [2.75, 3.05) is 10.6 Å². The van der Waals surface area contributed by atoms with Gasteiger partial charge in [-0.05, 0) is 48.9 Å². The van der Waals surface area contributed by atoms with E-state index in [9.17, 15) is 4.79 Å². The highest BCUT2D eigenvalue weighted by Crippen LogP contribution is 2.20. The van der Waals surface area contributed by atoms with Gasteiger partial charge in [-0.1, -0.05) is 33.6 Å². The Morgan fingerprint density at radius 1 is 1.26 bits per heavy atom. The second-order valence-corrected chi connectivity index (χ2v) is 6.09. The molecule has 0 aliphatic heterocycles. The topological polar surface area (TPSA) is 64.9 Å². The predicted molar refractivity (Wildman–Crippen MR) is 96.3 cm³/mol. The number of nitrogens with one attached hydrogen (secondary N) is 2. The van der Waals surface area contributed by atoms with Crippen molar-refractivity contribution in [3.63, 3.8) is 0 Å². The second kappa shape index (κ2) is 7.82. The van der Waals surface area contributed by atoms with Gasteiger partial charge in [-0.15, -0.1) is 0 Å². The van der Waals surface area contributed by atoms with Gasteiger partial charge < -0.3 is 10.6 Å². The maximum atomic E-state index is 12.1. The highest BCUT2D eigenvalue weighted by atomic mass is 79.9. The molecule has 0 fully saturated rings. The molecular formula is C17H13BrClN3O. The SMILES string of the molecule is Cc1ccc(Cl)cc1N/C=C(/C#N)C(=O)Nc1ccc(Br)cc1. The molecule has 0 aromatic heterocycles. The minimum atomic E-state index is -0.484. The van der Waals surface area contributed by atoms with E-state index in [1.54, 1.807) is 36.4 Å². The number of anilines is 2. The quantitative estimate of drug-likeness (QED) is 0.578. The summed E-state index contributed by atoms with van der Waals surface area (Å²) < 4.78 is 0.907. The Bertz CT molecular complexity index is 794. The lowest BCUT2D eigenvalue weighted by Gasteiger charge is -2.07. The van der Waals surface area contributed by atoms with E-state index in [-0.39, 0.29) is 5.57 Å². The summed E-state index contributed by atoms with van der Waals surface area (Å²) in [4.78, 5) is 12.1. The van der Waals surface area contributed by atoms with Crippen LogP contribution in [0.15, 0.2) is 58.7 Å². The van der Waals surface area contributed by atoms with Crippen molar-refractivity contribution in [3.8, 4) is 6.07 Å². The fourth-order valence-corrected chi connectivity index (χ4v) is 2.22. The number of amides is 1. The summed E-state index contributed by atoms with van der Waals surface area (Å²) in [5, 5.41) is 15.4. The summed E-state index contributed by atoms with van der Waals surface area (Å²) in [5.74, 6) is -0.484. The van der Waals surface area contributed by atoms with Crippen LogP contribution in [0.5, 0.6) is 0 Å². The van der Waals surface area contributed by atoms with Crippen molar-refractivity contribution in [1.82, 2.24) is 0 Å². The number of nitriles is 1. The Morgan fingerprint density at radius 3 is 2.61 bits per heavy atom. The van der Waals surface area contributed by atoms with E-state index < -0.39 is 5.91 Å². The van der Waals surface area contributed by atoms with Gasteiger partial charge in [0, 0.05) is 27.1 Å². The Labute approximate surface area is 147 Å². The minimum absolute atomic E-state index is 0.0349. The number of rotatable bonds is 4. The molecule has 2 aromatic rings. The number of nitrogens with zero attached hydrogens (tertiary/aromatic N) is 1. The van der Waals surface area contributed by atoms with E-state index in [1.165, 1.54) is 6.20 Å². The van der Waals surface area contributed by atoms with Gasteiger partial charge in [-0.2, -0.15) is 5.26 Å². The van der Waals surface area contributed by atoms with Gasteiger partial charge >= 0.3 is 0 Å². The third-order valence-corrected chi connectivity index (χ3v) is 3.80. The number of halogens is 2. The third-order valence-electron chi connectivity index (χ3n) is 3.04. The lowest BCUT2D eigenvalue weighted by molar-refractivity contribution is -0.112. The Kier molecular flexibility index (Phi) is 5.80. The average molecular weight is 391 g/mol. The smallest absolute Gasteiger partial charge is 0.267 e. The molecule has 116 valence electrons. The van der Waals surface area contributed by atoms with Gasteiger partial charge in [0.05, 0.1) is 0 Å². The van der Waals surface area contributed by atoms with Crippen molar-refractivity contribution in [1.29, 1.82) is 5.26 Å². The zero-order chi connectivity index (χ0) is 16.8. The van der Waals surface area contributed by atoms with Crippen LogP contribution in [0.2, 0.25) is 5.02 Å². The standard InChI is InChI=1S/C17H13BrClN3O/c1-11-2-5-14(19)8-16(11)21-10-12(9-20)17(23)22-15-6-3-13(18)4-7-15/h2-8,10,21H,1H3,(H,22,23)/b12-10-. The molecule has 0 bridgehead atoms. The van der Waals surface area contributed by atoms with Gasteiger partial charge in [0.15, 0.2) is 0 Å². The molecule has 0 radical (unpaired) electrons. The molecule has 4 nitrogen and oxygen atoms in total. The highest BCUT2D eigenvalue weighted by molar-refractivity contribution is 9.10. The molecule has 0 aliphatic carbocycles. The summed E-state index contributed by atoms with van der Waals surface area (Å²) in [7, 11) is 0. The number of benzene rings is 2. The van der Waals surface area contributed by atoms with Crippen LogP contribution in [0.3, 0.4) is 0 Å². The van der Waals surface area contributed by atoms with E-state index >= 15 is 0 Å². The van der Waals surface area contributed by atoms with E-state index in [2.05, 4.69) is 26.6 Å². The molecule has 2 N–H and O–H groups in total. The molecule has 2 aromatic carbocycles. The lowest BCUT2D eigenvalue weighted by Crippen LogP contribution is -2.14. The zero-order valence-electron chi connectivity index (χ0n) is 12.2. The number of hydrogen-bond donors (Lipinski definition) is 2. The highest BCUT2D eigenvalue weighted by Gasteiger charge is 2.09. The van der Waals surface area contributed by atoms with E-state index in [0.717, 1.165) is 15.7 Å². The predicted octanol–water partition coefficient (Wildman–Crippen LogP) is 4.87. The normalized spacial score (nSPS) is 10.8. The fourth-order valence-electron chi connectivity index (χ4n) is 1.78. The summed E-state index contributed by atoms with van der Waals surface area (Å²) >= 11 is 9.26. The van der Waals surface area contributed by atoms with E-state index in [1.807, 2.05) is 19.1 Å². The fraction of sp³-hybridized carbons (Fsp3) is 0.0588. The summed E-state index contributed by atoms with van der Waals surface area (Å²) in [6.45, 7) is 1.90. The van der Waals surface area contributed by atoms with Crippen LogP contribution in [0.1, 0.15) is 5.56 Å². The minimum Gasteiger partial charge on any atom is -0.360 e. The van der Waals surface area contributed by atoms with Crippen LogP contribution >= 0.6 is 27.5 Å². The van der Waals surface area contributed by atoms with Gasteiger partial charge in [-0.3, -0.25) is 4.79 Å². The van der Waals surface area contributed by atoms with Crippen molar-refractivity contribution in [2.24, 2.45) is 0 Å². The van der Waals surface area contributed by atoms with Crippen LogP contribution in [0.4, 0.5) is 11.4 Å². The average Bonchev–Trinajstić information content (AvgIpc) is 2.53. The van der Waals surface area contributed by atoms with Crippen LogP contribution in [-0.4, -0.2) is 5.91 Å². The van der Waals surface area contributed by atoms with Crippen LogP contribution in [0, 0.1) is 18.3 Å². The molecule has 23 heavy (non-hydrogen) atoms. The molecule has 0 saturated heterocycles. The lowest BCUT2D eigenvalue weighted by atomic mass is 10.2. The first kappa shape index (κ1) is 17.1. The second-order valence-electron chi connectivity index (χ2n) is 4.73. The first-order chi connectivity index (χ1) is 11.0. The van der Waals surface area contributed by atoms with Crippen molar-refractivity contribution < 1.29 is 4.79 Å². The molecule has 6 heteroatoms. The Balaban J connectivity index is 2.12. The molecule has 0 saturated carbocycles. The van der Waals surface area contributed by atoms with Crippen molar-refractivity contribution >= 4 is 44.8 Å². The van der Waals surface area contributed by atoms with Crippen LogP contribution < -0.4 is 10.6 Å². The monoisotopic (exact) mass is 389 g/mol. The van der Waals surface area contributed by atoms with Crippen molar-refractivity contribution in [2.45, 2.75) is 6.92 Å². The summed E-state index contributed by atoms with van der Waals surface area (Å²) in [6.07, 6.45) is 1.37. The Morgan fingerprint density at radius 2 is 1.96 bits per heavy atom. The van der Waals surface area contributed by atoms with Gasteiger partial charge in [0.25, 0.3) is 5.91 Å². The van der Waals surface area contributed by atoms with E-state index in [0.29, 0.717) is 10.7 Å². The number of hydrogen-bond acceptors (Lipinski definition) is 3. The third kappa shape index (κ3) is 4.85. The maximum Gasteiger partial charge on any atom is 0.267 e. The van der Waals surface area contributed by atoms with E-state index in [4.69, 9.17) is 16.9 Å². The molecule has 0 spiro atoms. The Hall–Kier alpha value is -2.29. The molecule has 0 heterocycles. The van der Waals surface area contributed by atoms with Crippen LogP contribution in [-0.2, 0) is 4.79 Å². The molecule has 0 aliphatic rings. The van der Waals surface area contributed by atoms with Gasteiger partial charge in [0.1, 0.15) is 11.6 Å². The number of carbonyl (C=O) groups is 1. The van der Waals surface area contributed by atoms with Crippen molar-refractivity contribution in [3.05, 3.63) is 69.3 Å². The number of carbonyl (C=O) groups excluding carboxylic acids is 1. The van der Waals surface area contributed by atoms with Crippen LogP contribution in [0.25, 0.3) is 0 Å². The molecule has 0 unspecified atom stereocenters. The molecule has 1 amide bonds. The maximum absolute atomic E-state index is 12.1. The van der Waals surface area contributed by atoms with Gasteiger partial charge in [0.2, 0.25) is 0 Å².